The summed E-state index contributed by atoms with van der Waals surface area (Å²) in [4.78, 5) is 12.0. The molecule has 0 fully saturated rings. The fourth-order valence-corrected chi connectivity index (χ4v) is 2.51. The Hall–Kier alpha value is -0.690. The first-order chi connectivity index (χ1) is 11.5. The van der Waals surface area contributed by atoms with Crippen LogP contribution >= 0.6 is 46.8 Å². The van der Waals surface area contributed by atoms with Crippen LogP contribution in [0.1, 0.15) is 33.3 Å². The largest absolute Gasteiger partial charge is 0.492 e. The highest BCUT2D eigenvalue weighted by atomic mass is 35.6. The number of rotatable bonds is 6. The Morgan fingerprint density at radius 2 is 1.80 bits per heavy atom. The van der Waals surface area contributed by atoms with Gasteiger partial charge < -0.3 is 14.2 Å². The van der Waals surface area contributed by atoms with Crippen molar-refractivity contribution in [1.82, 2.24) is 0 Å². The molecule has 0 bridgehead atoms. The van der Waals surface area contributed by atoms with Crippen LogP contribution in [-0.4, -0.2) is 29.4 Å². The molecule has 0 saturated heterocycles. The fraction of sp³-hybridized carbons (Fsp3) is 0.562. The zero-order valence-electron chi connectivity index (χ0n) is 14.8. The van der Waals surface area contributed by atoms with E-state index in [-0.39, 0.29) is 12.0 Å². The van der Waals surface area contributed by atoms with Gasteiger partial charge in [0.2, 0.25) is 3.79 Å². The second-order valence-corrected chi connectivity index (χ2v) is 9.79. The van der Waals surface area contributed by atoms with Crippen molar-refractivity contribution in [3.8, 4) is 5.75 Å². The molecule has 0 atom stereocenters. The van der Waals surface area contributed by atoms with Gasteiger partial charge in [-0.05, 0) is 23.1 Å². The number of hydrogen-bond acceptors (Lipinski definition) is 5. The second kappa shape index (κ2) is 9.31. The molecular formula is C16H23Cl3N2O3S. The van der Waals surface area contributed by atoms with E-state index in [0.29, 0.717) is 11.4 Å². The highest BCUT2D eigenvalue weighted by Crippen LogP contribution is 2.39. The van der Waals surface area contributed by atoms with Crippen molar-refractivity contribution in [3.05, 3.63) is 17.7 Å². The van der Waals surface area contributed by atoms with Crippen LogP contribution in [0, 0.1) is 0 Å². The normalized spacial score (nSPS) is 11.8. The highest BCUT2D eigenvalue weighted by molar-refractivity contribution is 8.00. The lowest BCUT2D eigenvalue weighted by molar-refractivity contribution is 0.164. The Morgan fingerprint density at radius 3 is 2.28 bits per heavy atom. The molecule has 1 amide bonds. The minimum atomic E-state index is -1.67. The number of amides is 1. The summed E-state index contributed by atoms with van der Waals surface area (Å²) in [6.45, 7) is 7.91. The van der Waals surface area contributed by atoms with Crippen molar-refractivity contribution in [2.45, 2.75) is 36.9 Å². The number of alkyl halides is 3. The Labute approximate surface area is 168 Å². The van der Waals surface area contributed by atoms with Gasteiger partial charge in [0.15, 0.2) is 5.75 Å². The molecular weight excluding hydrogens is 407 g/mol. The van der Waals surface area contributed by atoms with E-state index >= 15 is 0 Å². The number of hydrogen-bond donors (Lipinski definition) is 2. The summed E-state index contributed by atoms with van der Waals surface area (Å²) in [5.41, 5.74) is 2.13. The van der Waals surface area contributed by atoms with Crippen molar-refractivity contribution in [2.24, 2.45) is 0 Å². The number of carbonyl (C=O) groups excluding carboxylic acids is 1. The lowest BCUT2D eigenvalue weighted by Gasteiger charge is -2.24. The first kappa shape index (κ1) is 22.4. The van der Waals surface area contributed by atoms with E-state index < -0.39 is 9.89 Å². The topological polar surface area (TPSA) is 59.6 Å². The lowest BCUT2D eigenvalue weighted by atomic mass is 9.86. The molecule has 25 heavy (non-hydrogen) atoms. The predicted octanol–water partition coefficient (Wildman–Crippen LogP) is 5.99. The Kier molecular flexibility index (Phi) is 8.32. The molecule has 0 saturated carbocycles. The van der Waals surface area contributed by atoms with Crippen LogP contribution < -0.4 is 14.8 Å². The molecule has 5 nitrogen and oxygen atoms in total. The highest BCUT2D eigenvalue weighted by Gasteiger charge is 2.24. The van der Waals surface area contributed by atoms with Gasteiger partial charge in [-0.2, -0.15) is 0 Å². The number of carbonyl (C=O) groups is 1. The summed E-state index contributed by atoms with van der Waals surface area (Å²) < 4.78 is 12.0. The van der Waals surface area contributed by atoms with E-state index in [4.69, 9.17) is 44.3 Å². The summed E-state index contributed by atoms with van der Waals surface area (Å²) in [5.74, 6) is 1.37. The van der Waals surface area contributed by atoms with Gasteiger partial charge in [0.25, 0.3) is 0 Å². The second-order valence-electron chi connectivity index (χ2n) is 6.21. The number of nitrogens with one attached hydrogen (secondary N) is 2. The Bertz CT molecular complexity index is 602. The van der Waals surface area contributed by atoms with Crippen LogP contribution in [0.4, 0.5) is 16.2 Å². The molecule has 0 aliphatic heterocycles. The van der Waals surface area contributed by atoms with Gasteiger partial charge in [-0.1, -0.05) is 74.4 Å². The van der Waals surface area contributed by atoms with Gasteiger partial charge in [0.1, 0.15) is 6.61 Å². The van der Waals surface area contributed by atoms with E-state index in [2.05, 4.69) is 30.8 Å². The summed E-state index contributed by atoms with van der Waals surface area (Å²) in [6.07, 6.45) is -0.732. The molecule has 142 valence electrons. The molecule has 1 aromatic rings. The molecule has 1 rings (SSSR count). The average molecular weight is 430 g/mol. The first-order valence-corrected chi connectivity index (χ1v) is 9.70. The molecule has 1 aromatic carbocycles. The van der Waals surface area contributed by atoms with E-state index in [1.807, 2.05) is 19.1 Å². The molecule has 0 heterocycles. The number of halogens is 3. The SMILES string of the molecule is CCSNc1cc(C(C)(C)C)cc(NC(=O)OCC(Cl)(Cl)Cl)c1OC. The van der Waals surface area contributed by atoms with Crippen LogP contribution in [0.5, 0.6) is 5.75 Å². The summed E-state index contributed by atoms with van der Waals surface area (Å²) in [6, 6.07) is 3.84. The van der Waals surface area contributed by atoms with Gasteiger partial charge in [-0.25, -0.2) is 4.79 Å². The number of benzene rings is 1. The van der Waals surface area contributed by atoms with Crippen molar-refractivity contribution in [2.75, 3.05) is 29.5 Å². The van der Waals surface area contributed by atoms with E-state index in [0.717, 1.165) is 17.0 Å². The zero-order chi connectivity index (χ0) is 19.3. The summed E-state index contributed by atoms with van der Waals surface area (Å²) >= 11 is 18.3. The summed E-state index contributed by atoms with van der Waals surface area (Å²) in [5, 5.41) is 2.65. The zero-order valence-corrected chi connectivity index (χ0v) is 17.9. The van der Waals surface area contributed by atoms with Gasteiger partial charge in [0, 0.05) is 5.75 Å². The van der Waals surface area contributed by atoms with Crippen molar-refractivity contribution in [3.63, 3.8) is 0 Å². The number of ether oxygens (including phenoxy) is 2. The minimum Gasteiger partial charge on any atom is -0.492 e. The van der Waals surface area contributed by atoms with E-state index in [1.165, 1.54) is 19.1 Å². The quantitative estimate of drug-likeness (QED) is 0.429. The summed E-state index contributed by atoms with van der Waals surface area (Å²) in [7, 11) is 1.53. The van der Waals surface area contributed by atoms with Gasteiger partial charge >= 0.3 is 6.09 Å². The monoisotopic (exact) mass is 428 g/mol. The molecule has 0 unspecified atom stereocenters. The average Bonchev–Trinajstić information content (AvgIpc) is 2.49. The molecule has 0 aliphatic rings. The fourth-order valence-electron chi connectivity index (χ4n) is 1.89. The van der Waals surface area contributed by atoms with Crippen molar-refractivity contribution in [1.29, 1.82) is 0 Å². The minimum absolute atomic E-state index is 0.127. The predicted molar refractivity (Wildman–Crippen MR) is 109 cm³/mol. The van der Waals surface area contributed by atoms with Crippen LogP contribution in [0.25, 0.3) is 0 Å². The Morgan fingerprint density at radius 1 is 1.20 bits per heavy atom. The van der Waals surface area contributed by atoms with Gasteiger partial charge in [-0.15, -0.1) is 0 Å². The number of anilines is 2. The molecule has 9 heteroatoms. The molecule has 0 radical (unpaired) electrons. The lowest BCUT2D eigenvalue weighted by Crippen LogP contribution is -2.22. The van der Waals surface area contributed by atoms with Crippen LogP contribution in [0.2, 0.25) is 0 Å². The van der Waals surface area contributed by atoms with Gasteiger partial charge in [0.05, 0.1) is 18.5 Å². The Balaban J connectivity index is 3.15. The van der Waals surface area contributed by atoms with Crippen LogP contribution in [-0.2, 0) is 10.2 Å². The van der Waals surface area contributed by atoms with E-state index in [1.54, 1.807) is 0 Å². The van der Waals surface area contributed by atoms with E-state index in [9.17, 15) is 4.79 Å². The van der Waals surface area contributed by atoms with Crippen LogP contribution in [0.15, 0.2) is 12.1 Å². The maximum absolute atomic E-state index is 12.0. The van der Waals surface area contributed by atoms with Gasteiger partial charge in [-0.3, -0.25) is 5.32 Å². The molecule has 0 spiro atoms. The number of methoxy groups -OCH3 is 1. The third-order valence-electron chi connectivity index (χ3n) is 3.09. The maximum Gasteiger partial charge on any atom is 0.411 e. The third-order valence-corrected chi connectivity index (χ3v) is 4.07. The van der Waals surface area contributed by atoms with Crippen molar-refractivity contribution >= 4 is 64.2 Å². The molecule has 0 aromatic heterocycles. The molecule has 2 N–H and O–H groups in total. The smallest absolute Gasteiger partial charge is 0.411 e. The maximum atomic E-state index is 12.0. The van der Waals surface area contributed by atoms with Crippen LogP contribution in [0.3, 0.4) is 0 Å². The standard InChI is InChI=1S/C16H23Cl3N2O3S/c1-6-25-21-12-8-10(15(2,3)4)7-11(13(12)23-5)20-14(22)24-9-16(17,18)19/h7-8,21H,6,9H2,1-5H3,(H,20,22). The molecule has 0 aliphatic carbocycles. The third kappa shape index (κ3) is 7.60. The first-order valence-electron chi connectivity index (χ1n) is 7.58. The van der Waals surface area contributed by atoms with Crippen molar-refractivity contribution < 1.29 is 14.3 Å².